The molecule has 1 saturated heterocycles. The number of anilines is 1. The maximum Gasteiger partial charge on any atom is 0.232 e. The first kappa shape index (κ1) is 24.4. The molecule has 1 aromatic heterocycles. The number of aromatic nitrogens is 2. The highest BCUT2D eigenvalue weighted by molar-refractivity contribution is 14.0. The number of piperidine rings is 1. The first-order valence-corrected chi connectivity index (χ1v) is 10.5. The molecule has 0 amide bonds. The van der Waals surface area contributed by atoms with Gasteiger partial charge in [-0.15, -0.1) is 24.0 Å². The Balaban J connectivity index is 0.00000320. The first-order valence-electron chi connectivity index (χ1n) is 10.5. The Hall–Kier alpha value is -1.84. The average molecular weight is 526 g/mol. The number of hydrogen-bond acceptors (Lipinski definition) is 5. The summed E-state index contributed by atoms with van der Waals surface area (Å²) in [7, 11) is 3.82. The summed E-state index contributed by atoms with van der Waals surface area (Å²) in [6.07, 6.45) is 3.95. The maximum atomic E-state index is 5.35. The Labute approximate surface area is 197 Å². The van der Waals surface area contributed by atoms with Gasteiger partial charge in [0.05, 0.1) is 6.54 Å². The lowest BCUT2D eigenvalue weighted by Crippen LogP contribution is -2.38. The SMILES string of the molecule is CN=C(NCc1noc(C(C)(C)C)n1)N(C)Cc1ccc(N2CCCCC2)cc1.I. The normalized spacial score (nSPS) is 15.0. The van der Waals surface area contributed by atoms with Crippen molar-refractivity contribution in [3.05, 3.63) is 41.5 Å². The van der Waals surface area contributed by atoms with E-state index in [1.54, 1.807) is 7.05 Å². The van der Waals surface area contributed by atoms with Gasteiger partial charge in [0.15, 0.2) is 11.8 Å². The molecule has 1 aromatic carbocycles. The second-order valence-corrected chi connectivity index (χ2v) is 8.74. The van der Waals surface area contributed by atoms with E-state index in [-0.39, 0.29) is 29.4 Å². The van der Waals surface area contributed by atoms with Crippen LogP contribution in [0, 0.1) is 0 Å². The van der Waals surface area contributed by atoms with Crippen molar-refractivity contribution in [2.75, 3.05) is 32.1 Å². The van der Waals surface area contributed by atoms with E-state index in [4.69, 9.17) is 4.52 Å². The summed E-state index contributed by atoms with van der Waals surface area (Å²) in [5.74, 6) is 2.08. The Morgan fingerprint density at radius 2 is 1.83 bits per heavy atom. The number of guanidine groups is 1. The molecule has 166 valence electrons. The van der Waals surface area contributed by atoms with Gasteiger partial charge in [0.25, 0.3) is 0 Å². The van der Waals surface area contributed by atoms with Crippen molar-refractivity contribution < 1.29 is 4.52 Å². The molecule has 1 aliphatic rings. The second-order valence-electron chi connectivity index (χ2n) is 8.74. The van der Waals surface area contributed by atoms with Crippen LogP contribution in [-0.4, -0.2) is 48.2 Å². The molecule has 30 heavy (non-hydrogen) atoms. The van der Waals surface area contributed by atoms with Crippen molar-refractivity contribution in [2.45, 2.75) is 58.5 Å². The Bertz CT molecular complexity index is 806. The fourth-order valence-corrected chi connectivity index (χ4v) is 3.49. The molecule has 0 aliphatic carbocycles. The summed E-state index contributed by atoms with van der Waals surface area (Å²) in [5, 5.41) is 7.38. The standard InChI is InChI=1S/C22H34N6O.HI/c1-22(2,3)20-25-19(26-29-20)15-24-21(23-4)27(5)16-17-9-11-18(12-10-17)28-13-7-6-8-14-28;/h9-12H,6-8,13-16H2,1-5H3,(H,23,24);1H. The minimum absolute atomic E-state index is 0. The van der Waals surface area contributed by atoms with Gasteiger partial charge in [-0.1, -0.05) is 38.1 Å². The fraction of sp³-hybridized carbons (Fsp3) is 0.591. The van der Waals surface area contributed by atoms with Crippen molar-refractivity contribution in [1.29, 1.82) is 0 Å². The van der Waals surface area contributed by atoms with Crippen LogP contribution in [0.5, 0.6) is 0 Å². The number of aliphatic imine (C=N–C) groups is 1. The molecule has 0 saturated carbocycles. The van der Waals surface area contributed by atoms with Crippen LogP contribution < -0.4 is 10.2 Å². The number of hydrogen-bond donors (Lipinski definition) is 1. The Kier molecular flexibility index (Phi) is 8.93. The van der Waals surface area contributed by atoms with Gasteiger partial charge >= 0.3 is 0 Å². The van der Waals surface area contributed by atoms with Gasteiger partial charge in [-0.05, 0) is 37.0 Å². The van der Waals surface area contributed by atoms with E-state index in [9.17, 15) is 0 Å². The van der Waals surface area contributed by atoms with Crippen LogP contribution in [0.3, 0.4) is 0 Å². The second kappa shape index (κ2) is 11.0. The number of rotatable bonds is 5. The number of benzene rings is 1. The quantitative estimate of drug-likeness (QED) is 0.358. The van der Waals surface area contributed by atoms with Gasteiger partial charge in [0.2, 0.25) is 5.89 Å². The molecule has 0 bridgehead atoms. The summed E-state index contributed by atoms with van der Waals surface area (Å²) in [5.41, 5.74) is 2.43. The van der Waals surface area contributed by atoms with Gasteiger partial charge < -0.3 is 19.6 Å². The third-order valence-corrected chi connectivity index (χ3v) is 5.16. The van der Waals surface area contributed by atoms with Crippen molar-refractivity contribution in [3.8, 4) is 0 Å². The van der Waals surface area contributed by atoms with Gasteiger partial charge in [0.1, 0.15) is 0 Å². The predicted octanol–water partition coefficient (Wildman–Crippen LogP) is 4.18. The predicted molar refractivity (Wildman–Crippen MR) is 133 cm³/mol. The lowest BCUT2D eigenvalue weighted by molar-refractivity contribution is 0.318. The molecule has 1 N–H and O–H groups in total. The van der Waals surface area contributed by atoms with Crippen molar-refractivity contribution in [2.24, 2.45) is 4.99 Å². The molecule has 0 unspecified atom stereocenters. The van der Waals surface area contributed by atoms with Crippen LogP contribution in [0.25, 0.3) is 0 Å². The number of nitrogens with zero attached hydrogens (tertiary/aromatic N) is 5. The molecular weight excluding hydrogens is 491 g/mol. The molecular formula is C22H35IN6O. The molecule has 0 spiro atoms. The molecule has 3 rings (SSSR count). The van der Waals surface area contributed by atoms with Crippen molar-refractivity contribution in [1.82, 2.24) is 20.4 Å². The van der Waals surface area contributed by atoms with Crippen LogP contribution >= 0.6 is 24.0 Å². The first-order chi connectivity index (χ1) is 13.9. The molecule has 2 aromatic rings. The van der Waals surface area contributed by atoms with Crippen molar-refractivity contribution >= 4 is 35.6 Å². The highest BCUT2D eigenvalue weighted by atomic mass is 127. The number of halogens is 1. The van der Waals surface area contributed by atoms with Gasteiger partial charge in [-0.2, -0.15) is 4.98 Å². The zero-order chi connectivity index (χ0) is 20.9. The summed E-state index contributed by atoms with van der Waals surface area (Å²) in [6, 6.07) is 8.89. The summed E-state index contributed by atoms with van der Waals surface area (Å²) >= 11 is 0. The van der Waals surface area contributed by atoms with E-state index < -0.39 is 0 Å². The monoisotopic (exact) mass is 526 g/mol. The zero-order valence-electron chi connectivity index (χ0n) is 18.8. The van der Waals surface area contributed by atoms with Gasteiger partial charge in [0, 0.05) is 44.8 Å². The molecule has 8 heteroatoms. The van der Waals surface area contributed by atoms with E-state index in [0.29, 0.717) is 18.3 Å². The number of nitrogens with one attached hydrogen (secondary N) is 1. The lowest BCUT2D eigenvalue weighted by Gasteiger charge is -2.29. The molecule has 0 atom stereocenters. The highest BCUT2D eigenvalue weighted by Crippen LogP contribution is 2.21. The third kappa shape index (κ3) is 6.58. The van der Waals surface area contributed by atoms with Crippen LogP contribution in [0.1, 0.15) is 57.3 Å². The lowest BCUT2D eigenvalue weighted by atomic mass is 9.97. The van der Waals surface area contributed by atoms with Gasteiger partial charge in [-0.3, -0.25) is 4.99 Å². The Morgan fingerprint density at radius 3 is 2.40 bits per heavy atom. The zero-order valence-corrected chi connectivity index (χ0v) is 21.1. The maximum absolute atomic E-state index is 5.35. The summed E-state index contributed by atoms with van der Waals surface area (Å²) < 4.78 is 5.35. The van der Waals surface area contributed by atoms with E-state index >= 15 is 0 Å². The summed E-state index contributed by atoms with van der Waals surface area (Å²) in [6.45, 7) is 9.76. The summed E-state index contributed by atoms with van der Waals surface area (Å²) in [4.78, 5) is 13.4. The topological polar surface area (TPSA) is 69.8 Å². The highest BCUT2D eigenvalue weighted by Gasteiger charge is 2.21. The van der Waals surface area contributed by atoms with Crippen LogP contribution in [-0.2, 0) is 18.5 Å². The van der Waals surface area contributed by atoms with E-state index in [1.807, 2.05) is 7.05 Å². The third-order valence-electron chi connectivity index (χ3n) is 5.16. The Morgan fingerprint density at radius 1 is 1.17 bits per heavy atom. The molecule has 2 heterocycles. The minimum atomic E-state index is -0.149. The van der Waals surface area contributed by atoms with Gasteiger partial charge in [-0.25, -0.2) is 0 Å². The van der Waals surface area contributed by atoms with E-state index in [2.05, 4.69) is 75.3 Å². The minimum Gasteiger partial charge on any atom is -0.372 e. The molecule has 7 nitrogen and oxygen atoms in total. The van der Waals surface area contributed by atoms with E-state index in [1.165, 1.54) is 43.6 Å². The van der Waals surface area contributed by atoms with E-state index in [0.717, 1.165) is 12.5 Å². The smallest absolute Gasteiger partial charge is 0.232 e. The molecule has 0 radical (unpaired) electrons. The largest absolute Gasteiger partial charge is 0.372 e. The molecule has 1 aliphatic heterocycles. The van der Waals surface area contributed by atoms with Crippen molar-refractivity contribution in [3.63, 3.8) is 0 Å². The van der Waals surface area contributed by atoms with Crippen LogP contribution in [0.4, 0.5) is 5.69 Å². The molecule has 1 fully saturated rings. The van der Waals surface area contributed by atoms with Crippen LogP contribution in [0.2, 0.25) is 0 Å². The fourth-order valence-electron chi connectivity index (χ4n) is 3.49. The van der Waals surface area contributed by atoms with Crippen LogP contribution in [0.15, 0.2) is 33.8 Å². The average Bonchev–Trinajstić information content (AvgIpc) is 3.19.